The van der Waals surface area contributed by atoms with E-state index in [1.54, 1.807) is 12.1 Å². The summed E-state index contributed by atoms with van der Waals surface area (Å²) in [5.74, 6) is 0.152. The van der Waals surface area contributed by atoms with Crippen LogP contribution in [-0.2, 0) is 5.41 Å². The number of aromatic nitrogens is 5. The zero-order chi connectivity index (χ0) is 18.2. The van der Waals surface area contributed by atoms with Crippen LogP contribution >= 0.6 is 0 Å². The van der Waals surface area contributed by atoms with Crippen molar-refractivity contribution in [2.45, 2.75) is 26.2 Å². The van der Waals surface area contributed by atoms with Crippen LogP contribution in [0, 0.1) is 10.1 Å². The highest BCUT2D eigenvalue weighted by Gasteiger charge is 2.23. The molecule has 0 aliphatic heterocycles. The maximum Gasteiger partial charge on any atom is 0.298 e. The molecule has 2 aromatic heterocycles. The predicted molar refractivity (Wildman–Crippen MR) is 89.8 cm³/mol. The number of fused-ring (bicyclic) bond motifs is 1. The molecular formula is C15H15N7O3. The number of nitrogens with zero attached hydrogens (tertiary/aromatic N) is 7. The number of non-ortho nitro benzene ring substituents is 1. The minimum absolute atomic E-state index is 0.0611. The van der Waals surface area contributed by atoms with Gasteiger partial charge in [-0.1, -0.05) is 32.9 Å². The van der Waals surface area contributed by atoms with Crippen molar-refractivity contribution in [3.63, 3.8) is 0 Å². The van der Waals surface area contributed by atoms with E-state index in [9.17, 15) is 14.9 Å². The van der Waals surface area contributed by atoms with Crippen molar-refractivity contribution in [3.8, 4) is 0 Å². The van der Waals surface area contributed by atoms with Gasteiger partial charge in [-0.15, -0.1) is 10.2 Å². The van der Waals surface area contributed by atoms with Gasteiger partial charge in [-0.05, 0) is 0 Å². The van der Waals surface area contributed by atoms with E-state index in [1.807, 2.05) is 20.8 Å². The number of rotatable bonds is 3. The molecule has 0 saturated heterocycles. The number of hydrogen-bond donors (Lipinski definition) is 0. The molecule has 0 amide bonds. The Morgan fingerprint density at radius 3 is 2.76 bits per heavy atom. The van der Waals surface area contributed by atoms with Crippen molar-refractivity contribution in [2.75, 3.05) is 0 Å². The summed E-state index contributed by atoms with van der Waals surface area (Å²) in [5.41, 5.74) is -0.203. The highest BCUT2D eigenvalue weighted by atomic mass is 16.6. The Kier molecular flexibility index (Phi) is 3.87. The molecule has 3 rings (SSSR count). The van der Waals surface area contributed by atoms with Gasteiger partial charge >= 0.3 is 0 Å². The highest BCUT2D eigenvalue weighted by Crippen LogP contribution is 2.16. The standard InChI is InChI=1S/C15H15N7O3/c1-15(2,3)12-13(23)21(14-18-16-9-20(14)19-12)17-8-10-5-4-6-11(7-10)22(24)25/h4-9H,1-3H3/b17-8+. The molecule has 0 fully saturated rings. The van der Waals surface area contributed by atoms with Gasteiger partial charge in [0, 0.05) is 23.1 Å². The van der Waals surface area contributed by atoms with Gasteiger partial charge in [0.15, 0.2) is 0 Å². The van der Waals surface area contributed by atoms with Gasteiger partial charge < -0.3 is 0 Å². The van der Waals surface area contributed by atoms with E-state index in [0.717, 1.165) is 4.68 Å². The van der Waals surface area contributed by atoms with E-state index in [0.29, 0.717) is 11.3 Å². The molecule has 0 bridgehead atoms. The van der Waals surface area contributed by atoms with Crippen molar-refractivity contribution in [2.24, 2.45) is 5.10 Å². The van der Waals surface area contributed by atoms with Gasteiger partial charge in [0.2, 0.25) is 0 Å². The Hall–Kier alpha value is -3.43. The molecular weight excluding hydrogens is 326 g/mol. The Labute approximate surface area is 141 Å². The van der Waals surface area contributed by atoms with Crippen LogP contribution in [-0.4, -0.2) is 35.6 Å². The average Bonchev–Trinajstić information content (AvgIpc) is 3.01. The number of nitro groups is 1. The van der Waals surface area contributed by atoms with Crippen LogP contribution in [0.4, 0.5) is 5.69 Å². The second kappa shape index (κ2) is 5.89. The summed E-state index contributed by atoms with van der Waals surface area (Å²) >= 11 is 0. The molecule has 25 heavy (non-hydrogen) atoms. The molecule has 0 spiro atoms. The first-order chi connectivity index (χ1) is 11.8. The second-order valence-electron chi connectivity index (χ2n) is 6.39. The lowest BCUT2D eigenvalue weighted by molar-refractivity contribution is -0.384. The Morgan fingerprint density at radius 2 is 2.08 bits per heavy atom. The van der Waals surface area contributed by atoms with Crippen molar-refractivity contribution in [3.05, 3.63) is 62.3 Å². The Morgan fingerprint density at radius 1 is 1.32 bits per heavy atom. The van der Waals surface area contributed by atoms with Gasteiger partial charge in [-0.2, -0.15) is 19.4 Å². The average molecular weight is 341 g/mol. The summed E-state index contributed by atoms with van der Waals surface area (Å²) in [6.07, 6.45) is 2.74. The molecule has 3 aromatic rings. The minimum atomic E-state index is -0.502. The smallest absolute Gasteiger partial charge is 0.265 e. The van der Waals surface area contributed by atoms with E-state index in [1.165, 1.54) is 29.2 Å². The van der Waals surface area contributed by atoms with E-state index in [-0.39, 0.29) is 11.5 Å². The fourth-order valence-corrected chi connectivity index (χ4v) is 2.19. The molecule has 10 heteroatoms. The number of benzene rings is 1. The molecule has 2 heterocycles. The first-order valence-corrected chi connectivity index (χ1v) is 7.40. The first-order valence-electron chi connectivity index (χ1n) is 7.40. The number of nitro benzene ring substituents is 1. The fourth-order valence-electron chi connectivity index (χ4n) is 2.19. The normalized spacial score (nSPS) is 12.1. The second-order valence-corrected chi connectivity index (χ2v) is 6.39. The fraction of sp³-hybridized carbons (Fsp3) is 0.267. The summed E-state index contributed by atoms with van der Waals surface area (Å²) in [5, 5.41) is 26.8. The van der Waals surface area contributed by atoms with Crippen molar-refractivity contribution < 1.29 is 4.92 Å². The monoisotopic (exact) mass is 341 g/mol. The molecule has 0 saturated carbocycles. The van der Waals surface area contributed by atoms with Crippen LogP contribution in [0.15, 0.2) is 40.5 Å². The van der Waals surface area contributed by atoms with Crippen LogP contribution in [0.1, 0.15) is 32.0 Å². The third kappa shape index (κ3) is 3.13. The Balaban J connectivity index is 2.14. The highest BCUT2D eigenvalue weighted by molar-refractivity contribution is 5.80. The van der Waals surface area contributed by atoms with E-state index < -0.39 is 15.9 Å². The van der Waals surface area contributed by atoms with Crippen LogP contribution in [0.3, 0.4) is 0 Å². The third-order valence-corrected chi connectivity index (χ3v) is 3.42. The topological polar surface area (TPSA) is 121 Å². The molecule has 0 radical (unpaired) electrons. The summed E-state index contributed by atoms with van der Waals surface area (Å²) < 4.78 is 2.45. The van der Waals surface area contributed by atoms with Crippen LogP contribution in [0.25, 0.3) is 5.78 Å². The maximum absolute atomic E-state index is 12.7. The van der Waals surface area contributed by atoms with Gasteiger partial charge in [-0.3, -0.25) is 14.9 Å². The lowest BCUT2D eigenvalue weighted by Crippen LogP contribution is -2.33. The molecule has 0 atom stereocenters. The molecule has 1 aromatic carbocycles. The first kappa shape index (κ1) is 16.4. The van der Waals surface area contributed by atoms with Crippen molar-refractivity contribution in [1.82, 2.24) is 24.5 Å². The van der Waals surface area contributed by atoms with Crippen molar-refractivity contribution in [1.29, 1.82) is 0 Å². The van der Waals surface area contributed by atoms with Crippen molar-refractivity contribution >= 4 is 17.7 Å². The van der Waals surface area contributed by atoms with Crippen LogP contribution < -0.4 is 5.56 Å². The molecule has 10 nitrogen and oxygen atoms in total. The molecule has 0 unspecified atom stereocenters. The molecule has 128 valence electrons. The molecule has 0 aliphatic carbocycles. The lowest BCUT2D eigenvalue weighted by Gasteiger charge is -2.16. The summed E-state index contributed by atoms with van der Waals surface area (Å²) in [6, 6.07) is 5.93. The largest absolute Gasteiger partial charge is 0.298 e. The van der Waals surface area contributed by atoms with Crippen LogP contribution in [0.5, 0.6) is 0 Å². The summed E-state index contributed by atoms with van der Waals surface area (Å²) in [6.45, 7) is 5.59. The zero-order valence-corrected chi connectivity index (χ0v) is 13.8. The SMILES string of the molecule is CC(C)(C)c1nn2cnnc2n(/N=C/c2cccc([N+](=O)[O-])c2)c1=O. The summed E-state index contributed by atoms with van der Waals surface area (Å²) in [4.78, 5) is 23.1. The molecule has 0 N–H and O–H groups in total. The minimum Gasteiger partial charge on any atom is -0.265 e. The van der Waals surface area contributed by atoms with E-state index in [2.05, 4.69) is 20.4 Å². The van der Waals surface area contributed by atoms with Gasteiger partial charge in [0.05, 0.1) is 11.1 Å². The maximum atomic E-state index is 12.7. The van der Waals surface area contributed by atoms with Gasteiger partial charge in [0.25, 0.3) is 17.0 Å². The van der Waals surface area contributed by atoms with Crippen LogP contribution in [0.2, 0.25) is 0 Å². The van der Waals surface area contributed by atoms with E-state index in [4.69, 9.17) is 0 Å². The third-order valence-electron chi connectivity index (χ3n) is 3.42. The zero-order valence-electron chi connectivity index (χ0n) is 13.8. The lowest BCUT2D eigenvalue weighted by atomic mass is 9.93. The van der Waals surface area contributed by atoms with Gasteiger partial charge in [-0.25, -0.2) is 0 Å². The quantitative estimate of drug-likeness (QED) is 0.403. The predicted octanol–water partition coefficient (Wildman–Crippen LogP) is 1.37. The Bertz CT molecular complexity index is 1040. The van der Waals surface area contributed by atoms with E-state index >= 15 is 0 Å². The van der Waals surface area contributed by atoms with Gasteiger partial charge in [0.1, 0.15) is 12.0 Å². The number of hydrogen-bond acceptors (Lipinski definition) is 7. The molecule has 0 aliphatic rings. The summed E-state index contributed by atoms with van der Waals surface area (Å²) in [7, 11) is 0.